The smallest absolute Gasteiger partial charge is 0.336 e. The van der Waals surface area contributed by atoms with Crippen LogP contribution in [0.3, 0.4) is 0 Å². The third-order valence-electron chi connectivity index (χ3n) is 2.43. The van der Waals surface area contributed by atoms with Crippen LogP contribution in [0.1, 0.15) is 19.8 Å². The molecule has 0 aliphatic carbocycles. The minimum Gasteiger partial charge on any atom is -0.479 e. The van der Waals surface area contributed by atoms with Crippen LogP contribution in [0.4, 0.5) is 0 Å². The van der Waals surface area contributed by atoms with Gasteiger partial charge >= 0.3 is 11.9 Å². The quantitative estimate of drug-likeness (QED) is 0.481. The number of nitrogens with one attached hydrogen (secondary N) is 1. The van der Waals surface area contributed by atoms with Gasteiger partial charge in [0.15, 0.2) is 12.2 Å². The van der Waals surface area contributed by atoms with Crippen LogP contribution in [-0.4, -0.2) is 51.7 Å². The normalized spacial score (nSPS) is 28.6. The molecule has 4 N–H and O–H groups in total. The lowest BCUT2D eigenvalue weighted by atomic mass is 10.2. The van der Waals surface area contributed by atoms with Gasteiger partial charge in [0.1, 0.15) is 6.23 Å². The van der Waals surface area contributed by atoms with Crippen LogP contribution in [0.25, 0.3) is 0 Å². The van der Waals surface area contributed by atoms with Crippen molar-refractivity contribution < 1.29 is 29.6 Å². The van der Waals surface area contributed by atoms with E-state index in [1.165, 1.54) is 0 Å². The van der Waals surface area contributed by atoms with Crippen molar-refractivity contribution in [2.75, 3.05) is 0 Å². The first kappa shape index (κ1) is 12.9. The summed E-state index contributed by atoms with van der Waals surface area (Å²) in [7, 11) is 0. The highest BCUT2D eigenvalue weighted by atomic mass is 16.5. The van der Waals surface area contributed by atoms with E-state index in [1.807, 2.05) is 6.92 Å². The highest BCUT2D eigenvalue weighted by Gasteiger charge is 2.36. The molecule has 0 spiro atoms. The van der Waals surface area contributed by atoms with Crippen LogP contribution < -0.4 is 5.32 Å². The molecular formula is C9H15NO6. The standard InChI is InChI=1S/C9H15NO6/c1-4-2-3-5(10-4)16-7(9(14)15)6(11)8(12)13/h4-7,10-11H,2-3H2,1H3,(H,12,13)(H,14,15)/t4?,5?,6-,7-/m1/s1. The van der Waals surface area contributed by atoms with E-state index in [4.69, 9.17) is 20.1 Å². The lowest BCUT2D eigenvalue weighted by Gasteiger charge is -2.21. The molecule has 92 valence electrons. The highest BCUT2D eigenvalue weighted by Crippen LogP contribution is 2.15. The summed E-state index contributed by atoms with van der Waals surface area (Å²) in [6.07, 6.45) is -2.92. The van der Waals surface area contributed by atoms with Crippen molar-refractivity contribution in [3.05, 3.63) is 0 Å². The van der Waals surface area contributed by atoms with Crippen molar-refractivity contribution >= 4 is 11.9 Å². The van der Waals surface area contributed by atoms with Gasteiger partial charge in [0, 0.05) is 6.04 Å². The molecule has 0 aromatic carbocycles. The molecule has 2 unspecified atom stereocenters. The first-order valence-electron chi connectivity index (χ1n) is 4.97. The van der Waals surface area contributed by atoms with Gasteiger partial charge in [-0.25, -0.2) is 9.59 Å². The number of aliphatic carboxylic acids is 2. The summed E-state index contributed by atoms with van der Waals surface area (Å²) in [5.41, 5.74) is 0. The van der Waals surface area contributed by atoms with E-state index >= 15 is 0 Å². The molecule has 0 amide bonds. The fraction of sp³-hybridized carbons (Fsp3) is 0.778. The van der Waals surface area contributed by atoms with Crippen LogP contribution >= 0.6 is 0 Å². The second-order valence-corrected chi connectivity index (χ2v) is 3.81. The van der Waals surface area contributed by atoms with Crippen molar-refractivity contribution in [3.63, 3.8) is 0 Å². The van der Waals surface area contributed by atoms with Crippen LogP contribution in [0.2, 0.25) is 0 Å². The van der Waals surface area contributed by atoms with Gasteiger partial charge < -0.3 is 20.1 Å². The summed E-state index contributed by atoms with van der Waals surface area (Å²) in [6, 6.07) is 0.196. The van der Waals surface area contributed by atoms with E-state index in [9.17, 15) is 9.59 Å². The number of hydrogen-bond acceptors (Lipinski definition) is 5. The first-order chi connectivity index (χ1) is 7.41. The minimum absolute atomic E-state index is 0.196. The molecule has 1 fully saturated rings. The molecule has 0 aromatic heterocycles. The molecule has 1 aliphatic rings. The SMILES string of the molecule is CC1CCC(O[C@@H](C(=O)O)[C@@H](O)C(=O)O)N1. The maximum Gasteiger partial charge on any atom is 0.336 e. The van der Waals surface area contributed by atoms with Crippen molar-refractivity contribution in [2.45, 2.75) is 44.2 Å². The summed E-state index contributed by atoms with van der Waals surface area (Å²) >= 11 is 0. The number of ether oxygens (including phenoxy) is 1. The molecule has 0 radical (unpaired) electrons. The van der Waals surface area contributed by atoms with Gasteiger partial charge in [-0.3, -0.25) is 5.32 Å². The average Bonchev–Trinajstić information content (AvgIpc) is 2.59. The largest absolute Gasteiger partial charge is 0.479 e. The average molecular weight is 233 g/mol. The second kappa shape index (κ2) is 5.24. The van der Waals surface area contributed by atoms with E-state index in [0.717, 1.165) is 6.42 Å². The molecule has 7 nitrogen and oxygen atoms in total. The summed E-state index contributed by atoms with van der Waals surface area (Å²) < 4.78 is 5.02. The Bertz CT molecular complexity index is 281. The Morgan fingerprint density at radius 1 is 1.31 bits per heavy atom. The van der Waals surface area contributed by atoms with Gasteiger partial charge in [-0.05, 0) is 19.8 Å². The van der Waals surface area contributed by atoms with Gasteiger partial charge in [-0.15, -0.1) is 0 Å². The lowest BCUT2D eigenvalue weighted by Crippen LogP contribution is -2.46. The fourth-order valence-corrected chi connectivity index (χ4v) is 1.57. The minimum atomic E-state index is -2.06. The Labute approximate surface area is 92.0 Å². The van der Waals surface area contributed by atoms with Crippen molar-refractivity contribution in [2.24, 2.45) is 0 Å². The van der Waals surface area contributed by atoms with Crippen molar-refractivity contribution in [1.29, 1.82) is 0 Å². The predicted octanol–water partition coefficient (Wildman–Crippen LogP) is -1.00. The molecule has 1 saturated heterocycles. The van der Waals surface area contributed by atoms with E-state index < -0.39 is 30.4 Å². The van der Waals surface area contributed by atoms with Crippen molar-refractivity contribution in [1.82, 2.24) is 5.32 Å². The topological polar surface area (TPSA) is 116 Å². The van der Waals surface area contributed by atoms with Gasteiger partial charge in [0.05, 0.1) is 0 Å². The summed E-state index contributed by atoms with van der Waals surface area (Å²) in [4.78, 5) is 21.2. The first-order valence-corrected chi connectivity index (χ1v) is 4.97. The Balaban J connectivity index is 2.58. The predicted molar refractivity (Wildman–Crippen MR) is 51.8 cm³/mol. The Hall–Kier alpha value is -1.18. The number of aliphatic hydroxyl groups excluding tert-OH is 1. The molecule has 1 rings (SSSR count). The third kappa shape index (κ3) is 3.16. The van der Waals surface area contributed by atoms with E-state index in [0.29, 0.717) is 6.42 Å². The summed E-state index contributed by atoms with van der Waals surface area (Å²) in [6.45, 7) is 1.91. The van der Waals surface area contributed by atoms with E-state index in [2.05, 4.69) is 5.32 Å². The molecule has 4 atom stereocenters. The molecule has 16 heavy (non-hydrogen) atoms. The Morgan fingerprint density at radius 3 is 2.31 bits per heavy atom. The molecule has 0 bridgehead atoms. The van der Waals surface area contributed by atoms with Gasteiger partial charge in [-0.1, -0.05) is 0 Å². The monoisotopic (exact) mass is 233 g/mol. The zero-order chi connectivity index (χ0) is 12.3. The molecule has 1 aliphatic heterocycles. The number of carboxylic acids is 2. The zero-order valence-electron chi connectivity index (χ0n) is 8.79. The van der Waals surface area contributed by atoms with Crippen molar-refractivity contribution in [3.8, 4) is 0 Å². The van der Waals surface area contributed by atoms with Gasteiger partial charge in [0.25, 0.3) is 0 Å². The molecular weight excluding hydrogens is 218 g/mol. The van der Waals surface area contributed by atoms with Gasteiger partial charge in [0.2, 0.25) is 0 Å². The molecule has 0 saturated carbocycles. The maximum atomic E-state index is 10.7. The lowest BCUT2D eigenvalue weighted by molar-refractivity contribution is -0.177. The van der Waals surface area contributed by atoms with E-state index in [-0.39, 0.29) is 6.04 Å². The number of aliphatic hydroxyl groups is 1. The van der Waals surface area contributed by atoms with Crippen LogP contribution in [0.15, 0.2) is 0 Å². The number of carboxylic acid groups (broad SMARTS) is 2. The Morgan fingerprint density at radius 2 is 1.94 bits per heavy atom. The van der Waals surface area contributed by atoms with E-state index in [1.54, 1.807) is 0 Å². The maximum absolute atomic E-state index is 10.7. The Kier molecular flexibility index (Phi) is 4.22. The highest BCUT2D eigenvalue weighted by molar-refractivity contribution is 5.83. The number of carbonyl (C=O) groups is 2. The van der Waals surface area contributed by atoms with Crippen LogP contribution in [0, 0.1) is 0 Å². The molecule has 1 heterocycles. The van der Waals surface area contributed by atoms with Crippen LogP contribution in [-0.2, 0) is 14.3 Å². The summed E-state index contributed by atoms with van der Waals surface area (Å²) in [5, 5.41) is 29.3. The third-order valence-corrected chi connectivity index (χ3v) is 2.43. The second-order valence-electron chi connectivity index (χ2n) is 3.81. The van der Waals surface area contributed by atoms with Gasteiger partial charge in [-0.2, -0.15) is 0 Å². The fourth-order valence-electron chi connectivity index (χ4n) is 1.57. The van der Waals surface area contributed by atoms with Crippen LogP contribution in [0.5, 0.6) is 0 Å². The number of hydrogen-bond donors (Lipinski definition) is 4. The number of rotatable bonds is 5. The zero-order valence-corrected chi connectivity index (χ0v) is 8.79. The molecule has 7 heteroatoms. The summed E-state index contributed by atoms with van der Waals surface area (Å²) in [5.74, 6) is -3.10. The molecule has 0 aromatic rings.